The van der Waals surface area contributed by atoms with E-state index in [-0.39, 0.29) is 18.3 Å². The third kappa shape index (κ3) is 7.73. The molecule has 0 atom stereocenters. The molecule has 0 aliphatic heterocycles. The van der Waals surface area contributed by atoms with Crippen LogP contribution in [-0.4, -0.2) is 37.6 Å². The number of halogens is 1. The van der Waals surface area contributed by atoms with E-state index in [2.05, 4.69) is 20.9 Å². The van der Waals surface area contributed by atoms with Gasteiger partial charge < -0.3 is 20.7 Å². The highest BCUT2D eigenvalue weighted by Gasteiger charge is 2.23. The molecule has 1 amide bonds. The Labute approximate surface area is 176 Å². The molecule has 1 fully saturated rings. The van der Waals surface area contributed by atoms with E-state index >= 15 is 0 Å². The number of benzene rings is 2. The first kappa shape index (κ1) is 21.6. The Morgan fingerprint density at radius 2 is 1.93 bits per heavy atom. The molecular weight excluding hydrogens is 383 g/mol. The fourth-order valence-corrected chi connectivity index (χ4v) is 2.87. The Kier molecular flexibility index (Phi) is 8.06. The smallest absolute Gasteiger partial charge is 0.258 e. The van der Waals surface area contributed by atoms with Crippen LogP contribution in [0.4, 0.5) is 4.39 Å². The highest BCUT2D eigenvalue weighted by atomic mass is 19.1. The standard InChI is InChI=1S/C23H29FN4O2/c1-2-25-23(26-13-12-17-6-8-19(24)9-7-17)27-15-18-4-3-5-21(14-18)30-16-22(29)28-20-10-11-20/h3-9,14,20H,2,10-13,15-16H2,1H3,(H,28,29)(H2,25,26,27). The molecule has 2 aromatic rings. The van der Waals surface area contributed by atoms with E-state index in [9.17, 15) is 9.18 Å². The molecule has 7 heteroatoms. The first-order chi connectivity index (χ1) is 14.6. The van der Waals surface area contributed by atoms with E-state index in [1.165, 1.54) is 12.1 Å². The number of hydrogen-bond donors (Lipinski definition) is 3. The molecule has 0 radical (unpaired) electrons. The van der Waals surface area contributed by atoms with E-state index in [0.717, 1.165) is 42.9 Å². The Bertz CT molecular complexity index is 851. The normalized spacial score (nSPS) is 13.6. The molecule has 0 heterocycles. The maximum absolute atomic E-state index is 13.0. The number of rotatable bonds is 10. The molecule has 1 aliphatic rings. The van der Waals surface area contributed by atoms with Crippen molar-refractivity contribution in [3.05, 3.63) is 65.5 Å². The molecule has 2 aromatic carbocycles. The number of hydrogen-bond acceptors (Lipinski definition) is 3. The van der Waals surface area contributed by atoms with Crippen LogP contribution in [0.3, 0.4) is 0 Å². The summed E-state index contributed by atoms with van der Waals surface area (Å²) in [5.41, 5.74) is 2.06. The Morgan fingerprint density at radius 1 is 1.13 bits per heavy atom. The zero-order valence-corrected chi connectivity index (χ0v) is 17.3. The molecule has 160 valence electrons. The molecule has 1 saturated carbocycles. The van der Waals surface area contributed by atoms with Crippen LogP contribution in [0.2, 0.25) is 0 Å². The van der Waals surface area contributed by atoms with Gasteiger partial charge in [-0.15, -0.1) is 0 Å². The molecule has 6 nitrogen and oxygen atoms in total. The van der Waals surface area contributed by atoms with Gasteiger partial charge in [0.2, 0.25) is 0 Å². The topological polar surface area (TPSA) is 74.8 Å². The quantitative estimate of drug-likeness (QED) is 0.414. The van der Waals surface area contributed by atoms with Gasteiger partial charge in [0, 0.05) is 19.1 Å². The summed E-state index contributed by atoms with van der Waals surface area (Å²) in [5.74, 6) is 1.06. The number of aliphatic imine (C=N–C) groups is 1. The average molecular weight is 413 g/mol. The second kappa shape index (κ2) is 11.2. The van der Waals surface area contributed by atoms with E-state index < -0.39 is 0 Å². The van der Waals surface area contributed by atoms with Gasteiger partial charge >= 0.3 is 0 Å². The fraction of sp³-hybridized carbons (Fsp3) is 0.391. The zero-order valence-electron chi connectivity index (χ0n) is 17.3. The lowest BCUT2D eigenvalue weighted by Gasteiger charge is -2.12. The summed E-state index contributed by atoms with van der Waals surface area (Å²) in [7, 11) is 0. The van der Waals surface area contributed by atoms with Crippen LogP contribution in [0.1, 0.15) is 30.9 Å². The lowest BCUT2D eigenvalue weighted by atomic mass is 10.1. The largest absolute Gasteiger partial charge is 0.484 e. The maximum Gasteiger partial charge on any atom is 0.258 e. The molecular formula is C23H29FN4O2. The van der Waals surface area contributed by atoms with Crippen LogP contribution >= 0.6 is 0 Å². The van der Waals surface area contributed by atoms with Crippen LogP contribution in [0.25, 0.3) is 0 Å². The lowest BCUT2D eigenvalue weighted by Crippen LogP contribution is -2.38. The molecule has 0 spiro atoms. The second-order valence-electron chi connectivity index (χ2n) is 7.28. The van der Waals surface area contributed by atoms with Crippen molar-refractivity contribution in [3.8, 4) is 5.75 Å². The molecule has 0 unspecified atom stereocenters. The number of nitrogens with one attached hydrogen (secondary N) is 3. The molecule has 1 aliphatic carbocycles. The third-order valence-corrected chi connectivity index (χ3v) is 4.59. The number of carbonyl (C=O) groups excluding carboxylic acids is 1. The van der Waals surface area contributed by atoms with Gasteiger partial charge in [-0.2, -0.15) is 0 Å². The van der Waals surface area contributed by atoms with E-state index in [1.54, 1.807) is 12.1 Å². The van der Waals surface area contributed by atoms with Crippen molar-refractivity contribution in [2.45, 2.75) is 38.8 Å². The molecule has 30 heavy (non-hydrogen) atoms. The minimum atomic E-state index is -0.226. The van der Waals surface area contributed by atoms with Crippen LogP contribution in [-0.2, 0) is 17.8 Å². The highest BCUT2D eigenvalue weighted by Crippen LogP contribution is 2.18. The van der Waals surface area contributed by atoms with Crippen molar-refractivity contribution in [2.75, 3.05) is 19.7 Å². The average Bonchev–Trinajstić information content (AvgIpc) is 3.56. The van der Waals surface area contributed by atoms with Gasteiger partial charge in [-0.05, 0) is 61.6 Å². The predicted octanol–water partition coefficient (Wildman–Crippen LogP) is 2.78. The van der Waals surface area contributed by atoms with Crippen molar-refractivity contribution in [1.29, 1.82) is 0 Å². The van der Waals surface area contributed by atoms with Gasteiger partial charge in [-0.1, -0.05) is 24.3 Å². The lowest BCUT2D eigenvalue weighted by molar-refractivity contribution is -0.123. The summed E-state index contributed by atoms with van der Waals surface area (Å²) in [6.45, 7) is 3.96. The van der Waals surface area contributed by atoms with Gasteiger partial charge in [-0.3, -0.25) is 4.79 Å². The maximum atomic E-state index is 13.0. The number of guanidine groups is 1. The first-order valence-corrected chi connectivity index (χ1v) is 10.4. The van der Waals surface area contributed by atoms with Gasteiger partial charge in [0.25, 0.3) is 5.91 Å². The van der Waals surface area contributed by atoms with Crippen LogP contribution in [0.5, 0.6) is 5.75 Å². The molecule has 0 saturated heterocycles. The van der Waals surface area contributed by atoms with Crippen molar-refractivity contribution >= 4 is 11.9 Å². The van der Waals surface area contributed by atoms with E-state index in [4.69, 9.17) is 4.74 Å². The van der Waals surface area contributed by atoms with Crippen molar-refractivity contribution in [3.63, 3.8) is 0 Å². The summed E-state index contributed by atoms with van der Waals surface area (Å²) in [4.78, 5) is 16.4. The molecule has 3 N–H and O–H groups in total. The number of carbonyl (C=O) groups is 1. The second-order valence-corrected chi connectivity index (χ2v) is 7.28. The van der Waals surface area contributed by atoms with Gasteiger partial charge in [0.15, 0.2) is 12.6 Å². The fourth-order valence-electron chi connectivity index (χ4n) is 2.87. The van der Waals surface area contributed by atoms with E-state index in [1.807, 2.05) is 31.2 Å². The third-order valence-electron chi connectivity index (χ3n) is 4.59. The van der Waals surface area contributed by atoms with Crippen molar-refractivity contribution < 1.29 is 13.9 Å². The van der Waals surface area contributed by atoms with E-state index in [0.29, 0.717) is 24.9 Å². The van der Waals surface area contributed by atoms with Crippen molar-refractivity contribution in [1.82, 2.24) is 16.0 Å². The minimum absolute atomic E-state index is 0.0246. The van der Waals surface area contributed by atoms with Crippen LogP contribution < -0.4 is 20.7 Å². The zero-order chi connectivity index (χ0) is 21.2. The minimum Gasteiger partial charge on any atom is -0.484 e. The summed E-state index contributed by atoms with van der Waals surface area (Å²) < 4.78 is 18.6. The SMILES string of the molecule is CCNC(=NCc1cccc(OCC(=O)NC2CC2)c1)NCCc1ccc(F)cc1. The number of nitrogens with zero attached hydrogens (tertiary/aromatic N) is 1. The number of ether oxygens (including phenoxy) is 1. The highest BCUT2D eigenvalue weighted by molar-refractivity contribution is 5.79. The monoisotopic (exact) mass is 412 g/mol. The predicted molar refractivity (Wildman–Crippen MR) is 116 cm³/mol. The summed E-state index contributed by atoms with van der Waals surface area (Å²) in [6, 6.07) is 14.5. The number of amides is 1. The van der Waals surface area contributed by atoms with Crippen LogP contribution in [0.15, 0.2) is 53.5 Å². The summed E-state index contributed by atoms with van der Waals surface area (Å²) in [5, 5.41) is 9.42. The molecule has 0 bridgehead atoms. The Hall–Kier alpha value is -3.09. The van der Waals surface area contributed by atoms with Crippen molar-refractivity contribution in [2.24, 2.45) is 4.99 Å². The summed E-state index contributed by atoms with van der Waals surface area (Å²) in [6.07, 6.45) is 2.90. The molecule has 3 rings (SSSR count). The van der Waals surface area contributed by atoms with Gasteiger partial charge in [0.05, 0.1) is 6.54 Å². The molecule has 0 aromatic heterocycles. The summed E-state index contributed by atoms with van der Waals surface area (Å²) >= 11 is 0. The Balaban J connectivity index is 1.47. The van der Waals surface area contributed by atoms with Crippen LogP contribution in [0, 0.1) is 5.82 Å². The first-order valence-electron chi connectivity index (χ1n) is 10.4. The van der Waals surface area contributed by atoms with Gasteiger partial charge in [0.1, 0.15) is 11.6 Å². The van der Waals surface area contributed by atoms with Gasteiger partial charge in [-0.25, -0.2) is 9.38 Å². The Morgan fingerprint density at radius 3 is 2.67 bits per heavy atom.